The van der Waals surface area contributed by atoms with Gasteiger partial charge in [-0.15, -0.1) is 0 Å². The number of amides is 3. The molecule has 0 saturated heterocycles. The molecule has 0 spiro atoms. The van der Waals surface area contributed by atoms with Gasteiger partial charge in [-0.1, -0.05) is 13.8 Å². The maximum atomic E-state index is 12.8. The topological polar surface area (TPSA) is 197 Å². The molecular formula is C19H37N5O6S. The van der Waals surface area contributed by atoms with E-state index in [0.29, 0.717) is 25.8 Å². The number of aliphatic hydroxyl groups excluding tert-OH is 1. The van der Waals surface area contributed by atoms with Gasteiger partial charge in [0, 0.05) is 5.75 Å². The van der Waals surface area contributed by atoms with Crippen molar-refractivity contribution in [3.8, 4) is 0 Å². The average Bonchev–Trinajstić information content (AvgIpc) is 2.67. The summed E-state index contributed by atoms with van der Waals surface area (Å²) in [6.45, 7) is 5.49. The molecule has 3 amide bonds. The van der Waals surface area contributed by atoms with E-state index in [4.69, 9.17) is 16.6 Å². The molecule has 12 heteroatoms. The average molecular weight is 464 g/mol. The summed E-state index contributed by atoms with van der Waals surface area (Å²) in [4.78, 5) is 48.7. The number of thiol groups is 1. The van der Waals surface area contributed by atoms with Crippen LogP contribution in [0.3, 0.4) is 0 Å². The van der Waals surface area contributed by atoms with E-state index in [1.54, 1.807) is 0 Å². The predicted octanol–water partition coefficient (Wildman–Crippen LogP) is -1.66. The summed E-state index contributed by atoms with van der Waals surface area (Å²) in [7, 11) is 0. The van der Waals surface area contributed by atoms with Crippen molar-refractivity contribution >= 4 is 36.3 Å². The molecule has 5 unspecified atom stereocenters. The molecule has 0 aromatic rings. The Bertz CT molecular complexity index is 604. The maximum Gasteiger partial charge on any atom is 0.328 e. The van der Waals surface area contributed by atoms with Crippen LogP contribution in [0.2, 0.25) is 0 Å². The van der Waals surface area contributed by atoms with Gasteiger partial charge in [0.15, 0.2) is 6.04 Å². The van der Waals surface area contributed by atoms with Gasteiger partial charge in [0.2, 0.25) is 17.7 Å². The second-order valence-electron chi connectivity index (χ2n) is 7.89. The van der Waals surface area contributed by atoms with Gasteiger partial charge in [0.25, 0.3) is 0 Å². The maximum absolute atomic E-state index is 12.8. The molecular weight excluding hydrogens is 426 g/mol. The van der Waals surface area contributed by atoms with Crippen LogP contribution in [0.25, 0.3) is 0 Å². The highest BCUT2D eigenvalue weighted by molar-refractivity contribution is 7.80. The second kappa shape index (κ2) is 15.0. The third kappa shape index (κ3) is 11.3. The zero-order chi connectivity index (χ0) is 24.1. The van der Waals surface area contributed by atoms with Crippen molar-refractivity contribution in [1.82, 2.24) is 16.0 Å². The third-order valence-corrected chi connectivity index (χ3v) is 4.87. The van der Waals surface area contributed by atoms with Gasteiger partial charge in [0.05, 0.1) is 12.1 Å². The molecule has 0 aliphatic heterocycles. The van der Waals surface area contributed by atoms with Crippen molar-refractivity contribution in [3.63, 3.8) is 0 Å². The number of hydrogen-bond donors (Lipinski definition) is 8. The molecule has 0 aromatic carbocycles. The number of rotatable bonds is 15. The third-order valence-electron chi connectivity index (χ3n) is 4.50. The van der Waals surface area contributed by atoms with E-state index in [0.717, 1.165) is 0 Å². The van der Waals surface area contributed by atoms with Crippen LogP contribution in [0.15, 0.2) is 0 Å². The van der Waals surface area contributed by atoms with Crippen LogP contribution >= 0.6 is 12.6 Å². The lowest BCUT2D eigenvalue weighted by molar-refractivity contribution is -0.145. The number of nitrogens with two attached hydrogens (primary N) is 2. The van der Waals surface area contributed by atoms with Crippen molar-refractivity contribution in [3.05, 3.63) is 0 Å². The first kappa shape index (κ1) is 29.1. The summed E-state index contributed by atoms with van der Waals surface area (Å²) in [6.07, 6.45) is 0.595. The quantitative estimate of drug-likeness (QED) is 0.104. The fourth-order valence-electron chi connectivity index (χ4n) is 2.76. The van der Waals surface area contributed by atoms with E-state index < -0.39 is 54.0 Å². The largest absolute Gasteiger partial charge is 0.480 e. The number of carbonyl (C=O) groups excluding carboxylic acids is 3. The minimum Gasteiger partial charge on any atom is -0.480 e. The molecule has 0 radical (unpaired) electrons. The number of aliphatic hydroxyl groups is 1. The number of aliphatic carboxylic acids is 1. The summed E-state index contributed by atoms with van der Waals surface area (Å²) in [5, 5.41) is 25.9. The highest BCUT2D eigenvalue weighted by Gasteiger charge is 2.31. The van der Waals surface area contributed by atoms with Gasteiger partial charge in [-0.3, -0.25) is 14.4 Å². The molecule has 0 bridgehead atoms. The van der Waals surface area contributed by atoms with Crippen molar-refractivity contribution in [1.29, 1.82) is 0 Å². The zero-order valence-electron chi connectivity index (χ0n) is 18.3. The molecule has 0 rings (SSSR count). The standard InChI is InChI=1S/C19H37N5O6S/c1-10(2)8-12(21)16(26)22-13(6-4-5-7-20)17(27)23-14(9-31)18(28)24-15(11(3)25)19(29)30/h10-15,25,31H,4-9,20-21H2,1-3H3,(H,22,26)(H,23,27)(H,24,28)(H,29,30). The van der Waals surface area contributed by atoms with Crippen LogP contribution < -0.4 is 27.4 Å². The molecule has 0 aromatic heterocycles. The molecule has 180 valence electrons. The Morgan fingerprint density at radius 1 is 0.935 bits per heavy atom. The summed E-state index contributed by atoms with van der Waals surface area (Å²) >= 11 is 4.04. The van der Waals surface area contributed by atoms with E-state index in [2.05, 4.69) is 28.6 Å². The first-order chi connectivity index (χ1) is 14.4. The summed E-state index contributed by atoms with van der Waals surface area (Å²) in [5.41, 5.74) is 11.4. The molecule has 0 aliphatic carbocycles. The minimum atomic E-state index is -1.54. The fraction of sp³-hybridized carbons (Fsp3) is 0.789. The summed E-state index contributed by atoms with van der Waals surface area (Å²) in [5.74, 6) is -3.27. The fourth-order valence-corrected chi connectivity index (χ4v) is 3.02. The number of carbonyl (C=O) groups is 4. The van der Waals surface area contributed by atoms with Crippen molar-refractivity contribution in [2.24, 2.45) is 17.4 Å². The Labute approximate surface area is 188 Å². The minimum absolute atomic E-state index is 0.125. The van der Waals surface area contributed by atoms with E-state index in [1.807, 2.05) is 13.8 Å². The van der Waals surface area contributed by atoms with Crippen molar-refractivity contribution in [2.75, 3.05) is 12.3 Å². The first-order valence-electron chi connectivity index (χ1n) is 10.3. The van der Waals surface area contributed by atoms with E-state index in [1.165, 1.54) is 6.92 Å². The van der Waals surface area contributed by atoms with E-state index in [9.17, 15) is 24.3 Å². The highest BCUT2D eigenvalue weighted by atomic mass is 32.1. The monoisotopic (exact) mass is 463 g/mol. The number of hydrogen-bond acceptors (Lipinski definition) is 8. The van der Waals surface area contributed by atoms with Crippen LogP contribution in [-0.4, -0.2) is 76.5 Å². The van der Waals surface area contributed by atoms with Gasteiger partial charge in [0.1, 0.15) is 12.1 Å². The van der Waals surface area contributed by atoms with Gasteiger partial charge in [-0.25, -0.2) is 4.79 Å². The number of nitrogens with one attached hydrogen (secondary N) is 3. The Kier molecular flexibility index (Phi) is 14.1. The van der Waals surface area contributed by atoms with Crippen LogP contribution in [0.1, 0.15) is 46.5 Å². The molecule has 0 saturated carbocycles. The number of carboxylic acid groups (broad SMARTS) is 1. The lowest BCUT2D eigenvalue weighted by atomic mass is 10.0. The number of unbranched alkanes of at least 4 members (excludes halogenated alkanes) is 1. The number of carboxylic acids is 1. The normalized spacial score (nSPS) is 16.0. The smallest absolute Gasteiger partial charge is 0.328 e. The molecule has 11 nitrogen and oxygen atoms in total. The summed E-state index contributed by atoms with van der Waals surface area (Å²) in [6, 6.07) is -4.44. The van der Waals surface area contributed by atoms with Gasteiger partial charge in [-0.2, -0.15) is 12.6 Å². The van der Waals surface area contributed by atoms with E-state index in [-0.39, 0.29) is 18.1 Å². The van der Waals surface area contributed by atoms with Gasteiger partial charge in [-0.05, 0) is 45.1 Å². The highest BCUT2D eigenvalue weighted by Crippen LogP contribution is 2.06. The molecule has 0 aliphatic rings. The van der Waals surface area contributed by atoms with E-state index >= 15 is 0 Å². The predicted molar refractivity (Wildman–Crippen MR) is 119 cm³/mol. The van der Waals surface area contributed by atoms with Crippen LogP contribution in [-0.2, 0) is 19.2 Å². The zero-order valence-corrected chi connectivity index (χ0v) is 19.2. The summed E-state index contributed by atoms with van der Waals surface area (Å²) < 4.78 is 0. The van der Waals surface area contributed by atoms with Gasteiger partial charge >= 0.3 is 5.97 Å². The molecule has 0 heterocycles. The molecule has 5 atom stereocenters. The molecule has 31 heavy (non-hydrogen) atoms. The lowest BCUT2D eigenvalue weighted by Crippen LogP contribution is -2.58. The second-order valence-corrected chi connectivity index (χ2v) is 8.26. The van der Waals surface area contributed by atoms with Gasteiger partial charge < -0.3 is 37.6 Å². The van der Waals surface area contributed by atoms with Crippen LogP contribution in [0.4, 0.5) is 0 Å². The van der Waals surface area contributed by atoms with Crippen LogP contribution in [0.5, 0.6) is 0 Å². The molecule has 9 N–H and O–H groups in total. The first-order valence-corrected chi connectivity index (χ1v) is 11.0. The SMILES string of the molecule is CC(C)CC(N)C(=O)NC(CCCCN)C(=O)NC(CS)C(=O)NC(C(=O)O)C(C)O. The lowest BCUT2D eigenvalue weighted by Gasteiger charge is -2.25. The van der Waals surface area contributed by atoms with Crippen LogP contribution in [0, 0.1) is 5.92 Å². The Hall–Kier alpha value is -1.89. The Morgan fingerprint density at radius 2 is 1.48 bits per heavy atom. The van der Waals surface area contributed by atoms with Crippen molar-refractivity contribution in [2.45, 2.75) is 76.7 Å². The Balaban J connectivity index is 5.23. The molecule has 0 fully saturated rings. The van der Waals surface area contributed by atoms with Crippen molar-refractivity contribution < 1.29 is 29.4 Å². The Morgan fingerprint density at radius 3 is 1.94 bits per heavy atom.